The summed E-state index contributed by atoms with van der Waals surface area (Å²) in [6.45, 7) is 0.0558. The van der Waals surface area contributed by atoms with Crippen LogP contribution < -0.4 is 9.64 Å². The lowest BCUT2D eigenvalue weighted by Crippen LogP contribution is -2.26. The molecular weight excluding hydrogens is 232 g/mol. The van der Waals surface area contributed by atoms with Crippen molar-refractivity contribution in [2.75, 3.05) is 18.6 Å². The summed E-state index contributed by atoms with van der Waals surface area (Å²) in [5.74, 6) is -2.39. The number of methoxy groups -OCH3 is 1. The van der Waals surface area contributed by atoms with Crippen LogP contribution in [-0.2, 0) is 4.79 Å². The average Bonchev–Trinajstić information content (AvgIpc) is 2.61. The summed E-state index contributed by atoms with van der Waals surface area (Å²) in [6, 6.07) is 1.77. The summed E-state index contributed by atoms with van der Waals surface area (Å²) < 4.78 is 31.0. The standard InChI is InChI=1S/C11H11F2NO3/c1-17-10-4-8(13)7(12)3-9(10)14-5-6(15)2-11(14)16/h3-4,6,15H,2,5H2,1H3. The summed E-state index contributed by atoms with van der Waals surface area (Å²) in [7, 11) is 1.30. The molecule has 0 saturated carbocycles. The Bertz CT molecular complexity index is 464. The quantitative estimate of drug-likeness (QED) is 0.845. The van der Waals surface area contributed by atoms with Crippen molar-refractivity contribution >= 4 is 11.6 Å². The van der Waals surface area contributed by atoms with Gasteiger partial charge in [-0.2, -0.15) is 0 Å². The third-order valence-corrected chi connectivity index (χ3v) is 2.62. The van der Waals surface area contributed by atoms with Gasteiger partial charge in [-0.25, -0.2) is 8.78 Å². The third kappa shape index (κ3) is 2.08. The zero-order valence-corrected chi connectivity index (χ0v) is 9.11. The summed E-state index contributed by atoms with van der Waals surface area (Å²) in [5.41, 5.74) is 0.132. The molecule has 1 saturated heterocycles. The molecule has 1 amide bonds. The molecule has 1 aliphatic rings. The smallest absolute Gasteiger partial charge is 0.229 e. The molecule has 0 radical (unpaired) electrons. The Morgan fingerprint density at radius 3 is 2.59 bits per heavy atom. The first-order valence-corrected chi connectivity index (χ1v) is 5.04. The van der Waals surface area contributed by atoms with E-state index in [1.165, 1.54) is 12.0 Å². The lowest BCUT2D eigenvalue weighted by atomic mass is 10.2. The molecule has 2 rings (SSSR count). The van der Waals surface area contributed by atoms with Crippen molar-refractivity contribution in [3.63, 3.8) is 0 Å². The maximum Gasteiger partial charge on any atom is 0.229 e. The zero-order chi connectivity index (χ0) is 12.6. The predicted octanol–water partition coefficient (Wildman–Crippen LogP) is 1.07. The van der Waals surface area contributed by atoms with E-state index in [9.17, 15) is 18.7 Å². The number of aliphatic hydroxyl groups is 1. The van der Waals surface area contributed by atoms with Gasteiger partial charge in [-0.3, -0.25) is 4.79 Å². The van der Waals surface area contributed by atoms with E-state index >= 15 is 0 Å². The van der Waals surface area contributed by atoms with Gasteiger partial charge in [-0.15, -0.1) is 0 Å². The van der Waals surface area contributed by atoms with E-state index in [0.717, 1.165) is 12.1 Å². The van der Waals surface area contributed by atoms with Crippen LogP contribution >= 0.6 is 0 Å². The van der Waals surface area contributed by atoms with E-state index in [-0.39, 0.29) is 30.3 Å². The minimum atomic E-state index is -1.06. The molecule has 1 aromatic carbocycles. The SMILES string of the molecule is COc1cc(F)c(F)cc1N1CC(O)CC1=O. The van der Waals surface area contributed by atoms with E-state index in [0.29, 0.717) is 0 Å². The van der Waals surface area contributed by atoms with Gasteiger partial charge in [0.05, 0.1) is 31.9 Å². The molecule has 1 unspecified atom stereocenters. The molecule has 0 bridgehead atoms. The van der Waals surface area contributed by atoms with Crippen molar-refractivity contribution < 1.29 is 23.4 Å². The van der Waals surface area contributed by atoms with Gasteiger partial charge in [0.15, 0.2) is 11.6 Å². The molecule has 4 nitrogen and oxygen atoms in total. The highest BCUT2D eigenvalue weighted by molar-refractivity contribution is 5.97. The Labute approximate surface area is 96.4 Å². The molecule has 0 spiro atoms. The number of carbonyl (C=O) groups excluding carboxylic acids is 1. The Morgan fingerprint density at radius 1 is 1.41 bits per heavy atom. The summed E-state index contributed by atoms with van der Waals surface area (Å²) in [6.07, 6.45) is -0.817. The van der Waals surface area contributed by atoms with E-state index in [1.54, 1.807) is 0 Å². The average molecular weight is 243 g/mol. The van der Waals surface area contributed by atoms with Crippen molar-refractivity contribution in [2.45, 2.75) is 12.5 Å². The van der Waals surface area contributed by atoms with Crippen LogP contribution in [0, 0.1) is 11.6 Å². The van der Waals surface area contributed by atoms with Gasteiger partial charge in [-0.1, -0.05) is 0 Å². The first-order valence-electron chi connectivity index (χ1n) is 5.04. The molecule has 1 aliphatic heterocycles. The zero-order valence-electron chi connectivity index (χ0n) is 9.11. The van der Waals surface area contributed by atoms with Crippen LogP contribution in [0.4, 0.5) is 14.5 Å². The second-order valence-electron chi connectivity index (χ2n) is 3.80. The van der Waals surface area contributed by atoms with E-state index < -0.39 is 17.7 Å². The minimum Gasteiger partial charge on any atom is -0.494 e. The van der Waals surface area contributed by atoms with Gasteiger partial charge in [0, 0.05) is 12.1 Å². The molecule has 17 heavy (non-hydrogen) atoms. The molecule has 1 fully saturated rings. The number of rotatable bonds is 2. The first-order chi connectivity index (χ1) is 8.02. The summed E-state index contributed by atoms with van der Waals surface area (Å²) in [5, 5.41) is 9.35. The molecule has 0 aromatic heterocycles. The first kappa shape index (κ1) is 11.8. The van der Waals surface area contributed by atoms with E-state index in [4.69, 9.17) is 4.74 Å². The van der Waals surface area contributed by atoms with Gasteiger partial charge < -0.3 is 14.7 Å². The topological polar surface area (TPSA) is 49.8 Å². The number of amides is 1. The molecule has 0 aliphatic carbocycles. The van der Waals surface area contributed by atoms with Crippen LogP contribution in [0.1, 0.15) is 6.42 Å². The molecule has 1 aromatic rings. The minimum absolute atomic E-state index is 0.0256. The highest BCUT2D eigenvalue weighted by Crippen LogP contribution is 2.33. The highest BCUT2D eigenvalue weighted by atomic mass is 19.2. The van der Waals surface area contributed by atoms with Gasteiger partial charge in [-0.05, 0) is 0 Å². The fraction of sp³-hybridized carbons (Fsp3) is 0.364. The van der Waals surface area contributed by atoms with Crippen molar-refractivity contribution in [1.29, 1.82) is 0 Å². The van der Waals surface area contributed by atoms with E-state index in [1.807, 2.05) is 0 Å². The Morgan fingerprint density at radius 2 is 2.06 bits per heavy atom. The number of nitrogens with zero attached hydrogens (tertiary/aromatic N) is 1. The van der Waals surface area contributed by atoms with Gasteiger partial charge in [0.1, 0.15) is 5.75 Å². The number of hydrogen-bond donors (Lipinski definition) is 1. The maximum atomic E-state index is 13.1. The Kier molecular flexibility index (Phi) is 2.97. The Hall–Kier alpha value is -1.69. The number of ether oxygens (including phenoxy) is 1. The number of benzene rings is 1. The number of hydrogen-bond acceptors (Lipinski definition) is 3. The number of carbonyl (C=O) groups is 1. The largest absolute Gasteiger partial charge is 0.494 e. The summed E-state index contributed by atoms with van der Waals surface area (Å²) in [4.78, 5) is 12.7. The lowest BCUT2D eigenvalue weighted by molar-refractivity contribution is -0.117. The second kappa shape index (κ2) is 4.29. The Balaban J connectivity index is 2.44. The highest BCUT2D eigenvalue weighted by Gasteiger charge is 2.31. The van der Waals surface area contributed by atoms with Gasteiger partial charge in [0.2, 0.25) is 5.91 Å². The number of aliphatic hydroxyl groups excluding tert-OH is 1. The molecule has 6 heteroatoms. The molecule has 92 valence electrons. The van der Waals surface area contributed by atoms with Crippen LogP contribution in [0.15, 0.2) is 12.1 Å². The van der Waals surface area contributed by atoms with Gasteiger partial charge >= 0.3 is 0 Å². The second-order valence-corrected chi connectivity index (χ2v) is 3.80. The molecule has 1 N–H and O–H groups in total. The number of β-amino-alcohol motifs (C(OH)–C–C–N with tert-alkyl or cyclic N) is 1. The monoisotopic (exact) mass is 243 g/mol. The van der Waals surface area contributed by atoms with Crippen LogP contribution in [-0.4, -0.2) is 30.8 Å². The van der Waals surface area contributed by atoms with E-state index in [2.05, 4.69) is 0 Å². The van der Waals surface area contributed by atoms with Crippen LogP contribution in [0.5, 0.6) is 5.75 Å². The van der Waals surface area contributed by atoms with Crippen molar-refractivity contribution in [3.8, 4) is 5.75 Å². The normalized spacial score (nSPS) is 19.9. The van der Waals surface area contributed by atoms with Crippen molar-refractivity contribution in [1.82, 2.24) is 0 Å². The van der Waals surface area contributed by atoms with Crippen LogP contribution in [0.2, 0.25) is 0 Å². The fourth-order valence-electron chi connectivity index (χ4n) is 1.81. The van der Waals surface area contributed by atoms with Crippen LogP contribution in [0.3, 0.4) is 0 Å². The van der Waals surface area contributed by atoms with Crippen molar-refractivity contribution in [3.05, 3.63) is 23.8 Å². The maximum absolute atomic E-state index is 13.1. The molecule has 1 atom stereocenters. The predicted molar refractivity (Wildman–Crippen MR) is 55.9 cm³/mol. The lowest BCUT2D eigenvalue weighted by Gasteiger charge is -2.19. The van der Waals surface area contributed by atoms with Gasteiger partial charge in [0.25, 0.3) is 0 Å². The number of anilines is 1. The fourth-order valence-corrected chi connectivity index (χ4v) is 1.81. The summed E-state index contributed by atoms with van der Waals surface area (Å²) >= 11 is 0. The number of halogens is 2. The molecule has 1 heterocycles. The van der Waals surface area contributed by atoms with Crippen molar-refractivity contribution in [2.24, 2.45) is 0 Å². The molecular formula is C11H11F2NO3. The third-order valence-electron chi connectivity index (χ3n) is 2.62. The van der Waals surface area contributed by atoms with Crippen LogP contribution in [0.25, 0.3) is 0 Å².